The molecule has 0 amide bonds. The highest BCUT2D eigenvalue weighted by Gasteiger charge is 1.97. The molecule has 1 atom stereocenters. The second-order valence-corrected chi connectivity index (χ2v) is 5.15. The maximum atomic E-state index is 10.9. The van der Waals surface area contributed by atoms with Crippen LogP contribution in [0.25, 0.3) is 10.9 Å². The highest BCUT2D eigenvalue weighted by atomic mass is 32.2. The molecule has 0 radical (unpaired) electrons. The Balaban J connectivity index is 2.10. The molecule has 0 saturated carbocycles. The van der Waals surface area contributed by atoms with Crippen molar-refractivity contribution in [3.8, 4) is 0 Å². The highest BCUT2D eigenvalue weighted by molar-refractivity contribution is 7.84. The first-order chi connectivity index (χ1) is 7.75. The average molecular weight is 234 g/mol. The molecule has 0 aliphatic rings. The maximum absolute atomic E-state index is 10.9. The predicted octanol–water partition coefficient (Wildman–Crippen LogP) is 2.03. The number of aromatic nitrogens is 1. The summed E-state index contributed by atoms with van der Waals surface area (Å²) in [7, 11) is -0.757. The Morgan fingerprint density at radius 3 is 2.88 bits per heavy atom. The lowest BCUT2D eigenvalue weighted by Gasteiger charge is -2.05. The average Bonchev–Trinajstić information content (AvgIpc) is 2.28. The van der Waals surface area contributed by atoms with Gasteiger partial charge in [-0.3, -0.25) is 4.21 Å². The molecular weight excluding hydrogens is 220 g/mol. The number of hydrogen-bond donors (Lipinski definition) is 1. The molecule has 0 fully saturated rings. The van der Waals surface area contributed by atoms with Gasteiger partial charge in [0.15, 0.2) is 0 Å². The minimum Gasteiger partial charge on any atom is -0.369 e. The normalized spacial score (nSPS) is 12.6. The molecule has 84 valence electrons. The number of pyridine rings is 1. The molecule has 3 nitrogen and oxygen atoms in total. The zero-order chi connectivity index (χ0) is 11.4. The summed E-state index contributed by atoms with van der Waals surface area (Å²) in [4.78, 5) is 4.46. The topological polar surface area (TPSA) is 42.0 Å². The molecular formula is C12H14N2OS. The predicted molar refractivity (Wildman–Crippen MR) is 69.2 cm³/mol. The third-order valence-corrected chi connectivity index (χ3v) is 3.07. The molecule has 1 heterocycles. The fourth-order valence-electron chi connectivity index (χ4n) is 1.49. The number of nitrogens with zero attached hydrogens (tertiary/aromatic N) is 1. The largest absolute Gasteiger partial charge is 0.369 e. The molecule has 0 bridgehead atoms. The number of benzene rings is 1. The van der Waals surface area contributed by atoms with E-state index in [4.69, 9.17) is 0 Å². The summed E-state index contributed by atoms with van der Waals surface area (Å²) in [6.07, 6.45) is 1.70. The van der Waals surface area contributed by atoms with Gasteiger partial charge in [-0.25, -0.2) is 4.98 Å². The van der Waals surface area contributed by atoms with Crippen molar-refractivity contribution in [3.63, 3.8) is 0 Å². The smallest absolute Gasteiger partial charge is 0.126 e. The van der Waals surface area contributed by atoms with Crippen LogP contribution in [0.4, 0.5) is 5.82 Å². The van der Waals surface area contributed by atoms with Crippen LogP contribution in [-0.2, 0) is 10.8 Å². The third kappa shape index (κ3) is 2.79. The summed E-state index contributed by atoms with van der Waals surface area (Å²) in [5, 5.41) is 4.30. The second kappa shape index (κ2) is 5.07. The molecule has 0 spiro atoms. The van der Waals surface area contributed by atoms with E-state index in [1.54, 1.807) is 6.26 Å². The standard InChI is InChI=1S/C12H14N2OS/c1-16(15)9-8-13-12-7-6-10-4-2-3-5-11(10)14-12/h2-7H,8-9H2,1H3,(H,13,14). The van der Waals surface area contributed by atoms with Gasteiger partial charge in [0.1, 0.15) is 5.82 Å². The van der Waals surface area contributed by atoms with Crippen molar-refractivity contribution in [1.29, 1.82) is 0 Å². The minimum atomic E-state index is -0.757. The first kappa shape index (κ1) is 11.1. The van der Waals surface area contributed by atoms with E-state index in [9.17, 15) is 4.21 Å². The van der Waals surface area contributed by atoms with E-state index in [2.05, 4.69) is 10.3 Å². The van der Waals surface area contributed by atoms with Crippen molar-refractivity contribution in [2.45, 2.75) is 0 Å². The van der Waals surface area contributed by atoms with Crippen LogP contribution in [0.2, 0.25) is 0 Å². The number of para-hydroxylation sites is 1. The van der Waals surface area contributed by atoms with E-state index in [0.717, 1.165) is 16.7 Å². The van der Waals surface area contributed by atoms with Crippen LogP contribution in [0.15, 0.2) is 36.4 Å². The fraction of sp³-hybridized carbons (Fsp3) is 0.250. The Bertz CT molecular complexity index is 513. The van der Waals surface area contributed by atoms with Gasteiger partial charge in [-0.15, -0.1) is 0 Å². The van der Waals surface area contributed by atoms with Gasteiger partial charge in [0, 0.05) is 34.7 Å². The van der Waals surface area contributed by atoms with Gasteiger partial charge in [-0.05, 0) is 18.2 Å². The number of rotatable bonds is 4. The van der Waals surface area contributed by atoms with Gasteiger partial charge in [-0.1, -0.05) is 18.2 Å². The number of fused-ring (bicyclic) bond motifs is 1. The monoisotopic (exact) mass is 234 g/mol. The van der Waals surface area contributed by atoms with Crippen LogP contribution in [0, 0.1) is 0 Å². The molecule has 4 heteroatoms. The molecule has 1 aromatic heterocycles. The van der Waals surface area contributed by atoms with Crippen LogP contribution in [-0.4, -0.2) is 27.7 Å². The minimum absolute atomic E-state index is 0.647. The van der Waals surface area contributed by atoms with E-state index in [1.807, 2.05) is 36.4 Å². The van der Waals surface area contributed by atoms with E-state index in [0.29, 0.717) is 12.3 Å². The van der Waals surface area contributed by atoms with Crippen molar-refractivity contribution in [2.24, 2.45) is 0 Å². The summed E-state index contributed by atoms with van der Waals surface area (Å²) in [6, 6.07) is 12.0. The lowest BCUT2D eigenvalue weighted by Crippen LogP contribution is -2.10. The van der Waals surface area contributed by atoms with Crippen molar-refractivity contribution in [2.75, 3.05) is 23.9 Å². The lowest BCUT2D eigenvalue weighted by molar-refractivity contribution is 0.687. The zero-order valence-corrected chi connectivity index (χ0v) is 9.96. The van der Waals surface area contributed by atoms with Crippen LogP contribution < -0.4 is 5.32 Å². The molecule has 0 aliphatic carbocycles. The first-order valence-electron chi connectivity index (χ1n) is 5.15. The van der Waals surface area contributed by atoms with E-state index < -0.39 is 10.8 Å². The van der Waals surface area contributed by atoms with Crippen LogP contribution in [0.5, 0.6) is 0 Å². The summed E-state index contributed by atoms with van der Waals surface area (Å²) < 4.78 is 10.9. The molecule has 1 aromatic carbocycles. The molecule has 1 unspecified atom stereocenters. The van der Waals surface area contributed by atoms with Crippen molar-refractivity contribution in [1.82, 2.24) is 4.98 Å². The number of nitrogens with one attached hydrogen (secondary N) is 1. The molecule has 0 saturated heterocycles. The number of hydrogen-bond acceptors (Lipinski definition) is 3. The zero-order valence-electron chi connectivity index (χ0n) is 9.14. The van der Waals surface area contributed by atoms with Crippen molar-refractivity contribution < 1.29 is 4.21 Å². The maximum Gasteiger partial charge on any atom is 0.126 e. The summed E-state index contributed by atoms with van der Waals surface area (Å²) >= 11 is 0. The Kier molecular flexibility index (Phi) is 3.51. The summed E-state index contributed by atoms with van der Waals surface area (Å²) in [5.74, 6) is 1.48. The van der Waals surface area contributed by atoms with Gasteiger partial charge in [-0.2, -0.15) is 0 Å². The van der Waals surface area contributed by atoms with E-state index in [1.165, 1.54) is 0 Å². The van der Waals surface area contributed by atoms with E-state index >= 15 is 0 Å². The Hall–Kier alpha value is -1.42. The van der Waals surface area contributed by atoms with Crippen LogP contribution in [0.3, 0.4) is 0 Å². The quantitative estimate of drug-likeness (QED) is 0.880. The van der Waals surface area contributed by atoms with E-state index in [-0.39, 0.29) is 0 Å². The fourth-order valence-corrected chi connectivity index (χ4v) is 1.88. The summed E-state index contributed by atoms with van der Waals surface area (Å²) in [5.41, 5.74) is 0.977. The van der Waals surface area contributed by atoms with Gasteiger partial charge in [0.2, 0.25) is 0 Å². The Morgan fingerprint density at radius 1 is 1.25 bits per heavy atom. The first-order valence-corrected chi connectivity index (χ1v) is 6.88. The molecule has 0 aliphatic heterocycles. The second-order valence-electron chi connectivity index (χ2n) is 3.59. The molecule has 2 aromatic rings. The SMILES string of the molecule is CS(=O)CCNc1ccc2ccccc2n1. The summed E-state index contributed by atoms with van der Waals surface area (Å²) in [6.45, 7) is 0.689. The van der Waals surface area contributed by atoms with Crippen molar-refractivity contribution >= 4 is 27.5 Å². The Morgan fingerprint density at radius 2 is 2.06 bits per heavy atom. The van der Waals surface area contributed by atoms with Gasteiger partial charge < -0.3 is 5.32 Å². The van der Waals surface area contributed by atoms with Crippen molar-refractivity contribution in [3.05, 3.63) is 36.4 Å². The van der Waals surface area contributed by atoms with Gasteiger partial charge in [0.25, 0.3) is 0 Å². The molecule has 16 heavy (non-hydrogen) atoms. The Labute approximate surface area is 97.4 Å². The van der Waals surface area contributed by atoms with Crippen LogP contribution in [0.1, 0.15) is 0 Å². The van der Waals surface area contributed by atoms with Crippen LogP contribution >= 0.6 is 0 Å². The molecule has 1 N–H and O–H groups in total. The van der Waals surface area contributed by atoms with Gasteiger partial charge >= 0.3 is 0 Å². The molecule has 2 rings (SSSR count). The highest BCUT2D eigenvalue weighted by Crippen LogP contribution is 2.14. The lowest BCUT2D eigenvalue weighted by atomic mass is 10.2. The van der Waals surface area contributed by atoms with Gasteiger partial charge in [0.05, 0.1) is 5.52 Å². The number of anilines is 1. The third-order valence-electron chi connectivity index (χ3n) is 2.29.